The summed E-state index contributed by atoms with van der Waals surface area (Å²) in [5.41, 5.74) is 0. The maximum atomic E-state index is 12.6. The van der Waals surface area contributed by atoms with Gasteiger partial charge in [0.25, 0.3) is 5.91 Å². The molecule has 3 rings (SSSR count). The molecule has 2 saturated heterocycles. The van der Waals surface area contributed by atoms with Crippen molar-refractivity contribution in [3.05, 3.63) is 17.6 Å². The second-order valence-corrected chi connectivity index (χ2v) is 8.24. The summed E-state index contributed by atoms with van der Waals surface area (Å²) in [6, 6.07) is 1.29. The summed E-state index contributed by atoms with van der Waals surface area (Å²) in [6.45, 7) is 4.00. The fourth-order valence-electron chi connectivity index (χ4n) is 3.14. The Morgan fingerprint density at radius 3 is 2.68 bits per heavy atom. The number of halogens is 1. The van der Waals surface area contributed by atoms with Crippen molar-refractivity contribution in [2.45, 2.75) is 30.8 Å². The molecule has 10 heteroatoms. The van der Waals surface area contributed by atoms with Gasteiger partial charge in [0, 0.05) is 44.7 Å². The van der Waals surface area contributed by atoms with E-state index in [0.717, 1.165) is 12.8 Å². The lowest BCUT2D eigenvalue weighted by Gasteiger charge is -2.14. The molecule has 25 heavy (non-hydrogen) atoms. The maximum absolute atomic E-state index is 12.6. The van der Waals surface area contributed by atoms with E-state index in [2.05, 4.69) is 10.6 Å². The minimum Gasteiger partial charge on any atom is -0.455 e. The zero-order chi connectivity index (χ0) is 17.3. The van der Waals surface area contributed by atoms with Crippen LogP contribution in [0.1, 0.15) is 29.2 Å². The van der Waals surface area contributed by atoms with Crippen LogP contribution >= 0.6 is 12.4 Å². The summed E-state index contributed by atoms with van der Waals surface area (Å²) in [5.74, 6) is -0.335. The molecule has 1 aromatic rings. The molecular weight excluding hydrogens is 370 g/mol. The first-order chi connectivity index (χ1) is 11.4. The van der Waals surface area contributed by atoms with E-state index in [9.17, 15) is 18.3 Å². The number of aliphatic hydroxyl groups excluding tert-OH is 1. The Morgan fingerprint density at radius 1 is 1.40 bits per heavy atom. The molecule has 0 spiro atoms. The molecule has 2 unspecified atom stereocenters. The van der Waals surface area contributed by atoms with Crippen LogP contribution in [-0.2, 0) is 10.0 Å². The Labute approximate surface area is 153 Å². The molecule has 0 aromatic carbocycles. The zero-order valence-electron chi connectivity index (χ0n) is 14.0. The van der Waals surface area contributed by atoms with E-state index < -0.39 is 22.0 Å². The van der Waals surface area contributed by atoms with Gasteiger partial charge in [-0.25, -0.2) is 8.42 Å². The van der Waals surface area contributed by atoms with Crippen LogP contribution in [0.4, 0.5) is 0 Å². The van der Waals surface area contributed by atoms with Crippen LogP contribution in [0.15, 0.2) is 15.4 Å². The predicted molar refractivity (Wildman–Crippen MR) is 93.4 cm³/mol. The number of sulfonamides is 1. The van der Waals surface area contributed by atoms with Gasteiger partial charge >= 0.3 is 0 Å². The summed E-state index contributed by atoms with van der Waals surface area (Å²) >= 11 is 0. The molecule has 2 aliphatic heterocycles. The fourth-order valence-corrected chi connectivity index (χ4v) is 4.82. The lowest BCUT2D eigenvalue weighted by atomic mass is 10.1. The highest BCUT2D eigenvalue weighted by Crippen LogP contribution is 2.26. The van der Waals surface area contributed by atoms with Crippen molar-refractivity contribution in [1.82, 2.24) is 14.9 Å². The van der Waals surface area contributed by atoms with E-state index in [1.165, 1.54) is 10.4 Å². The molecule has 8 nitrogen and oxygen atoms in total. The smallest absolute Gasteiger partial charge is 0.287 e. The molecule has 0 aliphatic carbocycles. The van der Waals surface area contributed by atoms with E-state index in [1.807, 2.05) is 0 Å². The number of carbonyl (C=O) groups excluding carboxylic acids is 1. The average molecular weight is 394 g/mol. The highest BCUT2D eigenvalue weighted by molar-refractivity contribution is 7.89. The molecule has 2 fully saturated rings. The molecule has 0 radical (unpaired) electrons. The lowest BCUT2D eigenvalue weighted by molar-refractivity contribution is 0.0898. The summed E-state index contributed by atoms with van der Waals surface area (Å²) in [5, 5.41) is 15.5. The Kier molecular flexibility index (Phi) is 6.50. The number of carbonyl (C=O) groups is 1. The molecule has 3 N–H and O–H groups in total. The highest BCUT2D eigenvalue weighted by Gasteiger charge is 2.32. The third kappa shape index (κ3) is 4.17. The first-order valence-corrected chi connectivity index (χ1v) is 9.61. The fraction of sp³-hybridized carbons (Fsp3) is 0.667. The van der Waals surface area contributed by atoms with Crippen LogP contribution in [0.3, 0.4) is 0 Å². The number of nitrogens with one attached hydrogen (secondary N) is 2. The van der Waals surface area contributed by atoms with Crippen LogP contribution in [0, 0.1) is 12.8 Å². The van der Waals surface area contributed by atoms with E-state index in [4.69, 9.17) is 4.42 Å². The number of hydrogen-bond donors (Lipinski definition) is 3. The van der Waals surface area contributed by atoms with Crippen molar-refractivity contribution >= 4 is 28.3 Å². The number of nitrogens with zero attached hydrogens (tertiary/aromatic N) is 1. The molecule has 2 atom stereocenters. The number of amides is 1. The van der Waals surface area contributed by atoms with Crippen molar-refractivity contribution < 1.29 is 22.7 Å². The number of aryl methyl sites for hydroxylation is 1. The molecule has 3 heterocycles. The van der Waals surface area contributed by atoms with Gasteiger partial charge in [0.05, 0.1) is 6.10 Å². The highest BCUT2D eigenvalue weighted by atomic mass is 35.5. The average Bonchev–Trinajstić information content (AvgIpc) is 3.25. The molecule has 1 aromatic heterocycles. The second-order valence-electron chi connectivity index (χ2n) is 6.34. The van der Waals surface area contributed by atoms with Gasteiger partial charge in [-0.15, -0.1) is 12.4 Å². The monoisotopic (exact) mass is 393 g/mol. The minimum atomic E-state index is -3.61. The van der Waals surface area contributed by atoms with E-state index >= 15 is 0 Å². The lowest BCUT2D eigenvalue weighted by Crippen LogP contribution is -2.34. The summed E-state index contributed by atoms with van der Waals surface area (Å²) in [6.07, 6.45) is 1.21. The summed E-state index contributed by atoms with van der Waals surface area (Å²) < 4.78 is 32.0. The van der Waals surface area contributed by atoms with Crippen molar-refractivity contribution in [1.29, 1.82) is 0 Å². The van der Waals surface area contributed by atoms with Crippen LogP contribution in [0.25, 0.3) is 0 Å². The number of rotatable bonds is 5. The van der Waals surface area contributed by atoms with E-state index in [-0.39, 0.29) is 34.7 Å². The van der Waals surface area contributed by atoms with Crippen molar-refractivity contribution in [3.8, 4) is 0 Å². The maximum Gasteiger partial charge on any atom is 0.287 e. The molecule has 2 aliphatic rings. The van der Waals surface area contributed by atoms with Crippen LogP contribution in [0.5, 0.6) is 0 Å². The van der Waals surface area contributed by atoms with Gasteiger partial charge in [0.2, 0.25) is 10.0 Å². The zero-order valence-corrected chi connectivity index (χ0v) is 15.7. The Hall–Kier alpha value is -1.13. The van der Waals surface area contributed by atoms with Gasteiger partial charge in [-0.2, -0.15) is 4.31 Å². The van der Waals surface area contributed by atoms with Gasteiger partial charge < -0.3 is 20.2 Å². The van der Waals surface area contributed by atoms with Crippen LogP contribution < -0.4 is 10.6 Å². The molecule has 0 bridgehead atoms. The minimum absolute atomic E-state index is 0. The van der Waals surface area contributed by atoms with E-state index in [1.54, 1.807) is 6.92 Å². The van der Waals surface area contributed by atoms with Gasteiger partial charge in [-0.3, -0.25) is 4.79 Å². The van der Waals surface area contributed by atoms with Crippen molar-refractivity contribution in [2.75, 3.05) is 32.7 Å². The van der Waals surface area contributed by atoms with Gasteiger partial charge in [-0.1, -0.05) is 0 Å². The largest absolute Gasteiger partial charge is 0.455 e. The first kappa shape index (κ1) is 20.2. The Morgan fingerprint density at radius 2 is 2.08 bits per heavy atom. The van der Waals surface area contributed by atoms with Crippen LogP contribution in [0.2, 0.25) is 0 Å². The topological polar surface area (TPSA) is 112 Å². The molecule has 142 valence electrons. The van der Waals surface area contributed by atoms with Gasteiger partial charge in [0.1, 0.15) is 10.7 Å². The normalized spacial score (nSPS) is 24.2. The Bertz CT molecular complexity index is 715. The van der Waals surface area contributed by atoms with Crippen molar-refractivity contribution in [3.63, 3.8) is 0 Å². The Balaban J connectivity index is 0.00000225. The number of furan rings is 1. The third-order valence-corrected chi connectivity index (χ3v) is 6.61. The van der Waals surface area contributed by atoms with E-state index in [0.29, 0.717) is 32.7 Å². The second kappa shape index (κ2) is 8.05. The number of hydrogen-bond acceptors (Lipinski definition) is 6. The summed E-state index contributed by atoms with van der Waals surface area (Å²) in [7, 11) is -3.61. The third-order valence-electron chi connectivity index (χ3n) is 4.61. The SMILES string of the molecule is Cc1oc(C(=O)NCC2CNCC2O)cc1S(=O)(=O)N1CCCC1.Cl. The van der Waals surface area contributed by atoms with Crippen LogP contribution in [-0.4, -0.2) is 62.6 Å². The number of β-amino-alcohol motifs (C(OH)–C–C–N with tert-alkyl or cyclic N) is 1. The van der Waals surface area contributed by atoms with Gasteiger partial charge in [0.15, 0.2) is 5.76 Å². The quantitative estimate of drug-likeness (QED) is 0.654. The van der Waals surface area contributed by atoms with Gasteiger partial charge in [-0.05, 0) is 19.8 Å². The summed E-state index contributed by atoms with van der Waals surface area (Å²) in [4.78, 5) is 12.3. The number of aliphatic hydroxyl groups is 1. The first-order valence-electron chi connectivity index (χ1n) is 8.17. The van der Waals surface area contributed by atoms with Crippen molar-refractivity contribution in [2.24, 2.45) is 5.92 Å². The molecular formula is C15H24ClN3O5S. The predicted octanol–water partition coefficient (Wildman–Crippen LogP) is 0.104. The molecule has 1 amide bonds. The standard InChI is InChI=1S/C15H23N3O5S.ClH/c1-10-14(24(21,22)18-4-2-3-5-18)6-13(23-10)15(20)17-8-11-7-16-9-12(11)19;/h6,11-12,16,19H,2-5,7-9H2,1H3,(H,17,20);1H. The molecule has 0 saturated carbocycles.